The fraction of sp³-hybridized carbons (Fsp3) is 0.429. The minimum Gasteiger partial charge on any atom is -0.395 e. The number of nitrogens with one attached hydrogen (secondary N) is 1. The molecule has 1 aliphatic heterocycles. The van der Waals surface area contributed by atoms with Crippen molar-refractivity contribution in [2.24, 2.45) is 0 Å². The van der Waals surface area contributed by atoms with E-state index in [-0.39, 0.29) is 29.4 Å². The number of nitrogens with zero attached hydrogens (tertiary/aromatic N) is 2. The molecule has 0 radical (unpaired) electrons. The lowest BCUT2D eigenvalue weighted by molar-refractivity contribution is -0.125. The first-order valence-corrected chi connectivity index (χ1v) is 13.0. The van der Waals surface area contributed by atoms with Crippen LogP contribution in [0.4, 0.5) is 15.8 Å². The van der Waals surface area contributed by atoms with E-state index in [9.17, 15) is 19.1 Å². The fourth-order valence-electron chi connectivity index (χ4n) is 3.73. The zero-order chi connectivity index (χ0) is 28.2. The number of carbonyl (C=O) groups excluding carboxylic acids is 2. The minimum absolute atomic E-state index is 0.0381. The summed E-state index contributed by atoms with van der Waals surface area (Å²) in [6.45, 7) is 13.2. The van der Waals surface area contributed by atoms with Crippen LogP contribution in [0.3, 0.4) is 0 Å². The van der Waals surface area contributed by atoms with Crippen LogP contribution in [0.2, 0.25) is 10.0 Å². The number of hydrogen-bond donors (Lipinski definition) is 2. The summed E-state index contributed by atoms with van der Waals surface area (Å²) in [6.07, 6.45) is 3.17. The number of aliphatic hydroxyl groups is 1. The Kier molecular flexibility index (Phi) is 13.7. The molecule has 1 heterocycles. The number of rotatable bonds is 8. The number of anilines is 2. The molecule has 0 aliphatic carbocycles. The zero-order valence-electron chi connectivity index (χ0n) is 22.2. The summed E-state index contributed by atoms with van der Waals surface area (Å²) in [7, 11) is 1.90. The summed E-state index contributed by atoms with van der Waals surface area (Å²) in [4.78, 5) is 27.0. The Labute approximate surface area is 230 Å². The highest BCUT2D eigenvalue weighted by Crippen LogP contribution is 2.33. The van der Waals surface area contributed by atoms with E-state index in [4.69, 9.17) is 23.2 Å². The Morgan fingerprint density at radius 1 is 1.24 bits per heavy atom. The molecule has 0 bridgehead atoms. The van der Waals surface area contributed by atoms with E-state index in [1.807, 2.05) is 57.8 Å². The fourth-order valence-corrected chi connectivity index (χ4v) is 4.01. The SMILES string of the molecule is C=CC(=O)N1CCC(Nc2ccc(C(C)(C)C=O)c(N(C)CCO)c2)C1.CC.Fc1ccc(Cl)c(Cl)c1. The minimum atomic E-state index is -0.613. The van der Waals surface area contributed by atoms with Crippen molar-refractivity contribution in [3.8, 4) is 0 Å². The van der Waals surface area contributed by atoms with E-state index >= 15 is 0 Å². The maximum absolute atomic E-state index is 12.2. The van der Waals surface area contributed by atoms with Gasteiger partial charge in [-0.3, -0.25) is 4.79 Å². The van der Waals surface area contributed by atoms with Crippen LogP contribution in [0.25, 0.3) is 0 Å². The highest BCUT2D eigenvalue weighted by molar-refractivity contribution is 6.41. The molecular weight excluding hydrogens is 516 g/mol. The van der Waals surface area contributed by atoms with Crippen LogP contribution in [0.5, 0.6) is 0 Å². The molecule has 204 valence electrons. The van der Waals surface area contributed by atoms with Gasteiger partial charge < -0.3 is 25.0 Å². The molecule has 1 fully saturated rings. The van der Waals surface area contributed by atoms with Crippen molar-refractivity contribution in [2.75, 3.05) is 43.5 Å². The van der Waals surface area contributed by atoms with E-state index < -0.39 is 5.41 Å². The van der Waals surface area contributed by atoms with Crippen LogP contribution >= 0.6 is 23.2 Å². The number of amides is 1. The first-order valence-electron chi connectivity index (χ1n) is 12.2. The lowest BCUT2D eigenvalue weighted by atomic mass is 9.84. The van der Waals surface area contributed by atoms with Crippen LogP contribution in [0.1, 0.15) is 39.7 Å². The second kappa shape index (κ2) is 15.6. The van der Waals surface area contributed by atoms with Crippen molar-refractivity contribution in [3.63, 3.8) is 0 Å². The highest BCUT2D eigenvalue weighted by atomic mass is 35.5. The summed E-state index contributed by atoms with van der Waals surface area (Å²) in [5, 5.41) is 13.4. The van der Waals surface area contributed by atoms with Crippen molar-refractivity contribution < 1.29 is 19.1 Å². The Morgan fingerprint density at radius 2 is 1.92 bits per heavy atom. The van der Waals surface area contributed by atoms with E-state index in [0.717, 1.165) is 36.2 Å². The molecule has 2 aromatic carbocycles. The number of benzene rings is 2. The molecule has 37 heavy (non-hydrogen) atoms. The third-order valence-corrected chi connectivity index (χ3v) is 6.50. The summed E-state index contributed by atoms with van der Waals surface area (Å²) >= 11 is 10.9. The Bertz CT molecular complexity index is 1050. The van der Waals surface area contributed by atoms with Gasteiger partial charge in [0, 0.05) is 49.5 Å². The monoisotopic (exact) mass is 553 g/mol. The predicted molar refractivity (Wildman–Crippen MR) is 152 cm³/mol. The van der Waals surface area contributed by atoms with Crippen LogP contribution in [0, 0.1) is 5.82 Å². The number of carbonyl (C=O) groups is 2. The second-order valence-corrected chi connectivity index (χ2v) is 9.71. The van der Waals surface area contributed by atoms with Crippen molar-refractivity contribution in [1.29, 1.82) is 0 Å². The van der Waals surface area contributed by atoms with Crippen molar-refractivity contribution in [1.82, 2.24) is 4.90 Å². The average Bonchev–Trinajstić information content (AvgIpc) is 3.36. The van der Waals surface area contributed by atoms with Crippen molar-refractivity contribution in [2.45, 2.75) is 45.6 Å². The van der Waals surface area contributed by atoms with Gasteiger partial charge in [0.2, 0.25) is 5.91 Å². The van der Waals surface area contributed by atoms with E-state index in [2.05, 4.69) is 11.9 Å². The molecule has 0 aromatic heterocycles. The van der Waals surface area contributed by atoms with Crippen LogP contribution in [-0.2, 0) is 15.0 Å². The normalized spacial score (nSPS) is 14.5. The molecule has 0 spiro atoms. The number of halogens is 3. The third-order valence-electron chi connectivity index (χ3n) is 5.76. The molecule has 9 heteroatoms. The molecule has 2 N–H and O–H groups in total. The maximum atomic E-state index is 12.2. The molecule has 3 rings (SSSR count). The largest absolute Gasteiger partial charge is 0.395 e. The molecule has 0 saturated carbocycles. The Morgan fingerprint density at radius 3 is 2.46 bits per heavy atom. The molecule has 2 aromatic rings. The van der Waals surface area contributed by atoms with Gasteiger partial charge in [-0.25, -0.2) is 4.39 Å². The molecule has 1 amide bonds. The van der Waals surface area contributed by atoms with Crippen LogP contribution in [-0.4, -0.2) is 61.5 Å². The smallest absolute Gasteiger partial charge is 0.246 e. The van der Waals surface area contributed by atoms with E-state index in [0.29, 0.717) is 18.1 Å². The molecule has 1 saturated heterocycles. The first kappa shape index (κ1) is 32.4. The number of aldehydes is 1. The molecular formula is C28H38Cl2FN3O3. The quantitative estimate of drug-likeness (QED) is 0.240. The van der Waals surface area contributed by atoms with Crippen LogP contribution in [0.15, 0.2) is 49.1 Å². The number of likely N-dealkylation sites (N-methyl/N-ethyl adjacent to an activating group) is 1. The first-order chi connectivity index (χ1) is 17.5. The maximum Gasteiger partial charge on any atom is 0.246 e. The average molecular weight is 555 g/mol. The van der Waals surface area contributed by atoms with E-state index in [1.54, 1.807) is 4.90 Å². The lowest BCUT2D eigenvalue weighted by Crippen LogP contribution is -2.30. The zero-order valence-corrected chi connectivity index (χ0v) is 23.7. The van der Waals surface area contributed by atoms with Gasteiger partial charge in [0.05, 0.1) is 16.7 Å². The van der Waals surface area contributed by atoms with Gasteiger partial charge in [-0.2, -0.15) is 0 Å². The van der Waals surface area contributed by atoms with Gasteiger partial charge >= 0.3 is 0 Å². The lowest BCUT2D eigenvalue weighted by Gasteiger charge is -2.29. The second-order valence-electron chi connectivity index (χ2n) is 8.89. The number of aliphatic hydroxyl groups excluding tert-OH is 1. The van der Waals surface area contributed by atoms with Gasteiger partial charge in [0.1, 0.15) is 12.1 Å². The van der Waals surface area contributed by atoms with Gasteiger partial charge in [0.25, 0.3) is 0 Å². The van der Waals surface area contributed by atoms with Gasteiger partial charge in [-0.15, -0.1) is 0 Å². The van der Waals surface area contributed by atoms with Gasteiger partial charge in [0.15, 0.2) is 0 Å². The van der Waals surface area contributed by atoms with Crippen LogP contribution < -0.4 is 10.2 Å². The number of hydrogen-bond acceptors (Lipinski definition) is 5. The third kappa shape index (κ3) is 9.65. The van der Waals surface area contributed by atoms with Crippen molar-refractivity contribution in [3.05, 3.63) is 70.5 Å². The highest BCUT2D eigenvalue weighted by Gasteiger charge is 2.27. The van der Waals surface area contributed by atoms with Gasteiger partial charge in [-0.05, 0) is 62.2 Å². The summed E-state index contributed by atoms with van der Waals surface area (Å²) < 4.78 is 12.2. The molecule has 1 unspecified atom stereocenters. The topological polar surface area (TPSA) is 72.9 Å². The van der Waals surface area contributed by atoms with Crippen molar-refractivity contribution >= 4 is 46.8 Å². The van der Waals surface area contributed by atoms with Gasteiger partial charge in [-0.1, -0.05) is 49.7 Å². The Balaban J connectivity index is 0.000000519. The summed E-state index contributed by atoms with van der Waals surface area (Å²) in [5.41, 5.74) is 2.16. The molecule has 6 nitrogen and oxygen atoms in total. The Hall–Kier alpha value is -2.61. The summed E-state index contributed by atoms with van der Waals surface area (Å²) in [5.74, 6) is -0.412. The predicted octanol–water partition coefficient (Wildman–Crippen LogP) is 5.95. The summed E-state index contributed by atoms with van der Waals surface area (Å²) in [6, 6.07) is 9.96. The molecule has 1 aliphatic rings. The standard InChI is InChI=1S/C20H29N3O3.C6H3Cl2F.C2H6/c1-5-19(26)23-9-8-16(13-23)21-15-6-7-17(20(2,3)14-25)18(12-15)22(4)10-11-24;7-5-2-1-4(9)3-6(5)8;1-2/h5-7,12,14,16,21,24H,1,8-11,13H2,2-4H3;1-3H;1-2H3. The van der Waals surface area contributed by atoms with E-state index in [1.165, 1.54) is 24.3 Å². The number of likely N-dealkylation sites (tertiary alicyclic amines) is 1. The molecule has 1 atom stereocenters.